The normalized spacial score (nSPS) is 16.5. The predicted molar refractivity (Wildman–Crippen MR) is 84.7 cm³/mol. The molecule has 0 aromatic carbocycles. The van der Waals surface area contributed by atoms with Crippen LogP contribution < -0.4 is 11.5 Å². The van der Waals surface area contributed by atoms with Gasteiger partial charge in [0.2, 0.25) is 0 Å². The van der Waals surface area contributed by atoms with Crippen molar-refractivity contribution >= 4 is 20.2 Å². The highest BCUT2D eigenvalue weighted by Crippen LogP contribution is 2.27. The fourth-order valence-corrected chi connectivity index (χ4v) is 2.82. The van der Waals surface area contributed by atoms with Crippen LogP contribution in [-0.4, -0.2) is 39.8 Å². The van der Waals surface area contributed by atoms with Crippen molar-refractivity contribution in [3.05, 3.63) is 0 Å². The molecule has 4 N–H and O–H groups in total. The van der Waals surface area contributed by atoms with Gasteiger partial charge in [0.25, 0.3) is 26.1 Å². The Bertz CT molecular complexity index is 538. The third-order valence-electron chi connectivity index (χ3n) is 2.85. The second-order valence-electron chi connectivity index (χ2n) is 5.99. The molecule has 0 saturated heterocycles. The number of hydrogen-bond acceptors (Lipinski definition) is 8. The fraction of sp³-hybridized carbons (Fsp3) is 1.00. The minimum atomic E-state index is -4.12. The molecule has 0 aromatic heterocycles. The quantitative estimate of drug-likeness (QED) is 0.328. The summed E-state index contributed by atoms with van der Waals surface area (Å²) in [5, 5.41) is 0. The van der Waals surface area contributed by atoms with Crippen LogP contribution in [0.5, 0.6) is 0 Å². The molecule has 0 aliphatic heterocycles. The first-order chi connectivity index (χ1) is 9.79. The monoisotopic (exact) mass is 360 g/mol. The van der Waals surface area contributed by atoms with Crippen molar-refractivity contribution in [3.8, 4) is 0 Å². The van der Waals surface area contributed by atoms with Crippen molar-refractivity contribution in [3.63, 3.8) is 0 Å². The first kappa shape index (κ1) is 21.7. The summed E-state index contributed by atoms with van der Waals surface area (Å²) < 4.78 is 56.0. The fourth-order valence-electron chi connectivity index (χ4n) is 1.37. The highest BCUT2D eigenvalue weighted by atomic mass is 32.2. The van der Waals surface area contributed by atoms with Crippen LogP contribution in [0.2, 0.25) is 0 Å². The van der Waals surface area contributed by atoms with Gasteiger partial charge in [-0.15, -0.1) is 0 Å². The second kappa shape index (κ2) is 8.02. The molecule has 0 aromatic rings. The Morgan fingerprint density at radius 3 is 1.91 bits per heavy atom. The van der Waals surface area contributed by atoms with Gasteiger partial charge < -0.3 is 5.73 Å². The van der Waals surface area contributed by atoms with Crippen LogP contribution in [0, 0.1) is 0 Å². The van der Waals surface area contributed by atoms with Crippen LogP contribution in [0.15, 0.2) is 0 Å². The molecule has 0 amide bonds. The van der Waals surface area contributed by atoms with E-state index >= 15 is 0 Å². The second-order valence-corrected chi connectivity index (χ2v) is 10.1. The summed E-state index contributed by atoms with van der Waals surface area (Å²) in [6, 6.07) is 0. The zero-order valence-corrected chi connectivity index (χ0v) is 15.3. The largest absolute Gasteiger partial charge is 0.330 e. The Morgan fingerprint density at radius 2 is 1.50 bits per heavy atom. The average Bonchev–Trinajstić information content (AvgIpc) is 2.32. The van der Waals surface area contributed by atoms with Gasteiger partial charge in [-0.1, -0.05) is 6.42 Å². The lowest BCUT2D eigenvalue weighted by atomic mass is 10.1. The summed E-state index contributed by atoms with van der Waals surface area (Å²) in [5.41, 5.74) is 11.2. The summed E-state index contributed by atoms with van der Waals surface area (Å²) >= 11 is 0. The zero-order valence-electron chi connectivity index (χ0n) is 13.7. The molecule has 8 nitrogen and oxygen atoms in total. The van der Waals surface area contributed by atoms with Gasteiger partial charge in [-0.05, 0) is 47.1 Å². The van der Waals surface area contributed by atoms with Crippen molar-refractivity contribution in [2.75, 3.05) is 12.3 Å². The molecule has 0 radical (unpaired) electrons. The summed E-state index contributed by atoms with van der Waals surface area (Å²) in [5.74, 6) is -2.58. The van der Waals surface area contributed by atoms with Gasteiger partial charge >= 0.3 is 0 Å². The third-order valence-corrected chi connectivity index (χ3v) is 6.10. The van der Waals surface area contributed by atoms with E-state index in [1.807, 2.05) is 0 Å². The lowest BCUT2D eigenvalue weighted by molar-refractivity contribution is -0.108. The molecule has 10 heteroatoms. The molecular weight excluding hydrogens is 332 g/mol. The first-order valence-corrected chi connectivity index (χ1v) is 10.1. The average molecular weight is 360 g/mol. The van der Waals surface area contributed by atoms with E-state index in [4.69, 9.17) is 19.8 Å². The van der Waals surface area contributed by atoms with Crippen molar-refractivity contribution in [2.45, 2.75) is 64.0 Å². The van der Waals surface area contributed by atoms with Crippen molar-refractivity contribution in [1.82, 2.24) is 0 Å². The number of hydrogen-bond donors (Lipinski definition) is 2. The summed E-state index contributed by atoms with van der Waals surface area (Å²) in [6.07, 6.45) is 1.71. The first-order valence-electron chi connectivity index (χ1n) is 7.16. The Kier molecular flexibility index (Phi) is 7.93. The van der Waals surface area contributed by atoms with Crippen LogP contribution in [-0.2, 0) is 28.6 Å². The molecule has 0 aliphatic rings. The van der Waals surface area contributed by atoms with E-state index in [2.05, 4.69) is 0 Å². The number of rotatable bonds is 10. The molecule has 1 atom stereocenters. The smallest absolute Gasteiger partial charge is 0.276 e. The predicted octanol–water partition coefficient (Wildman–Crippen LogP) is 0.629. The lowest BCUT2D eigenvalue weighted by Crippen LogP contribution is -2.51. The Balaban J connectivity index is 5.25. The summed E-state index contributed by atoms with van der Waals surface area (Å²) in [6.45, 7) is 6.11. The summed E-state index contributed by atoms with van der Waals surface area (Å²) in [4.78, 5) is 0. The maximum atomic E-state index is 12.1. The molecule has 22 heavy (non-hydrogen) atoms. The van der Waals surface area contributed by atoms with Crippen LogP contribution in [0.4, 0.5) is 0 Å². The lowest BCUT2D eigenvalue weighted by Gasteiger charge is -2.31. The molecule has 134 valence electrons. The van der Waals surface area contributed by atoms with Crippen molar-refractivity contribution < 1.29 is 25.2 Å². The molecule has 0 bridgehead atoms. The maximum absolute atomic E-state index is 12.1. The molecule has 1 unspecified atom stereocenters. The van der Waals surface area contributed by atoms with Crippen LogP contribution in [0.25, 0.3) is 0 Å². The van der Waals surface area contributed by atoms with E-state index in [-0.39, 0.29) is 12.2 Å². The Hall–Kier alpha value is -0.260. The van der Waals surface area contributed by atoms with Gasteiger partial charge in [0.1, 0.15) is 0 Å². The molecule has 0 saturated carbocycles. The third kappa shape index (κ3) is 7.34. The van der Waals surface area contributed by atoms with E-state index < -0.39 is 30.9 Å². The van der Waals surface area contributed by atoms with Crippen molar-refractivity contribution in [1.29, 1.82) is 0 Å². The molecular formula is C12H28N2O6S2. The van der Waals surface area contributed by atoms with Crippen LogP contribution >= 0.6 is 0 Å². The van der Waals surface area contributed by atoms with Gasteiger partial charge in [-0.25, -0.2) is 8.37 Å². The zero-order chi connectivity index (χ0) is 17.7. The van der Waals surface area contributed by atoms with E-state index in [1.54, 1.807) is 0 Å². The molecule has 0 heterocycles. The van der Waals surface area contributed by atoms with E-state index in [0.29, 0.717) is 25.8 Å². The van der Waals surface area contributed by atoms with Gasteiger partial charge in [0.05, 0.1) is 10.5 Å². The standard InChI is InChI=1S/C12H28N2O6S2/c1-5-21(15,16)19-12(14,9-7-6-8-10-13)20-22(17,18)11(2,3)4/h5-10,13-14H2,1-4H3. The van der Waals surface area contributed by atoms with Crippen LogP contribution in [0.3, 0.4) is 0 Å². The summed E-state index contributed by atoms with van der Waals surface area (Å²) in [7, 11) is -8.09. The molecule has 0 spiro atoms. The Morgan fingerprint density at radius 1 is 0.955 bits per heavy atom. The van der Waals surface area contributed by atoms with Crippen molar-refractivity contribution in [2.24, 2.45) is 11.5 Å². The number of unbranched alkanes of at least 4 members (excludes halogenated alkanes) is 2. The SMILES string of the molecule is CCS(=O)(=O)OC(N)(CCCCCN)OS(=O)(=O)C(C)(C)C. The maximum Gasteiger partial charge on any atom is 0.276 e. The Labute approximate surface area is 133 Å². The molecule has 0 aliphatic carbocycles. The van der Waals surface area contributed by atoms with Gasteiger partial charge in [0.15, 0.2) is 0 Å². The van der Waals surface area contributed by atoms with Gasteiger partial charge in [0, 0.05) is 6.42 Å². The molecule has 0 rings (SSSR count). The minimum absolute atomic E-state index is 0.0818. The minimum Gasteiger partial charge on any atom is -0.330 e. The van der Waals surface area contributed by atoms with Gasteiger partial charge in [-0.2, -0.15) is 16.8 Å². The highest BCUT2D eigenvalue weighted by Gasteiger charge is 2.42. The number of nitrogens with two attached hydrogens (primary N) is 2. The topological polar surface area (TPSA) is 139 Å². The van der Waals surface area contributed by atoms with E-state index in [1.165, 1.54) is 27.7 Å². The van der Waals surface area contributed by atoms with E-state index in [9.17, 15) is 16.8 Å². The highest BCUT2D eigenvalue weighted by molar-refractivity contribution is 7.88. The molecule has 0 fully saturated rings. The van der Waals surface area contributed by atoms with Crippen LogP contribution in [0.1, 0.15) is 53.4 Å². The van der Waals surface area contributed by atoms with E-state index in [0.717, 1.165) is 0 Å². The van der Waals surface area contributed by atoms with Gasteiger partial charge in [-0.3, -0.25) is 5.73 Å².